The Hall–Kier alpha value is -3.34. The van der Waals surface area contributed by atoms with Gasteiger partial charge in [0, 0.05) is 5.56 Å². The van der Waals surface area contributed by atoms with E-state index in [0.717, 1.165) is 11.3 Å². The molecule has 0 fully saturated rings. The Bertz CT molecular complexity index is 1030. The number of carbonyl (C=O) groups excluding carboxylic acids is 2. The number of nitrogens with zero attached hydrogens (tertiary/aromatic N) is 5. The average Bonchev–Trinajstić information content (AvgIpc) is 3.33. The third-order valence-electron chi connectivity index (χ3n) is 4.01. The van der Waals surface area contributed by atoms with Crippen LogP contribution in [0.2, 0.25) is 0 Å². The Morgan fingerprint density at radius 3 is 2.63 bits per heavy atom. The fraction of sp³-hybridized carbons (Fsp3) is 0.368. The first kappa shape index (κ1) is 21.4. The van der Waals surface area contributed by atoms with Crippen LogP contribution < -0.4 is 10.1 Å². The summed E-state index contributed by atoms with van der Waals surface area (Å²) in [4.78, 5) is 29.0. The van der Waals surface area contributed by atoms with Gasteiger partial charge in [-0.15, -0.1) is 5.10 Å². The summed E-state index contributed by atoms with van der Waals surface area (Å²) in [6, 6.07) is 6.79. The van der Waals surface area contributed by atoms with Gasteiger partial charge >= 0.3 is 5.97 Å². The van der Waals surface area contributed by atoms with E-state index in [-0.39, 0.29) is 25.2 Å². The molecule has 1 N–H and O–H groups in total. The zero-order chi connectivity index (χ0) is 21.7. The van der Waals surface area contributed by atoms with Crippen LogP contribution in [0.4, 0.5) is 5.13 Å². The van der Waals surface area contributed by atoms with Gasteiger partial charge in [-0.3, -0.25) is 10.1 Å². The third kappa shape index (κ3) is 4.98. The number of nitrogens with one attached hydrogen (secondary N) is 1. The second-order valence-electron chi connectivity index (χ2n) is 6.55. The molecule has 0 unspecified atom stereocenters. The number of aromatic nitrogens is 5. The van der Waals surface area contributed by atoms with Crippen LogP contribution in [-0.4, -0.2) is 43.7 Å². The fourth-order valence-corrected chi connectivity index (χ4v) is 3.42. The molecule has 0 saturated heterocycles. The van der Waals surface area contributed by atoms with Crippen LogP contribution in [0.1, 0.15) is 58.4 Å². The molecule has 0 aliphatic carbocycles. The third-order valence-corrected chi connectivity index (χ3v) is 5.07. The topological polar surface area (TPSA) is 121 Å². The summed E-state index contributed by atoms with van der Waals surface area (Å²) in [5.74, 6) is 0.412. The molecule has 1 aromatic carbocycles. The number of benzene rings is 1. The number of hydrogen-bond acceptors (Lipinski definition) is 9. The summed E-state index contributed by atoms with van der Waals surface area (Å²) in [6.07, 6.45) is 0. The molecule has 11 heteroatoms. The molecule has 0 atom stereocenters. The summed E-state index contributed by atoms with van der Waals surface area (Å²) in [5.41, 5.74) is 0.945. The Morgan fingerprint density at radius 1 is 1.23 bits per heavy atom. The number of anilines is 1. The molecule has 0 saturated carbocycles. The van der Waals surface area contributed by atoms with Gasteiger partial charge < -0.3 is 9.47 Å². The van der Waals surface area contributed by atoms with Crippen LogP contribution in [0.15, 0.2) is 24.3 Å². The van der Waals surface area contributed by atoms with Crippen LogP contribution in [-0.2, 0) is 11.3 Å². The monoisotopic (exact) mass is 430 g/mol. The predicted octanol–water partition coefficient (Wildman–Crippen LogP) is 3.03. The van der Waals surface area contributed by atoms with Gasteiger partial charge in [-0.25, -0.2) is 14.5 Å². The molecule has 2 heterocycles. The highest BCUT2D eigenvalue weighted by Gasteiger charge is 2.18. The number of thiazole rings is 1. The molecule has 3 rings (SSSR count). The van der Waals surface area contributed by atoms with Gasteiger partial charge in [-0.2, -0.15) is 0 Å². The van der Waals surface area contributed by atoms with Crippen molar-refractivity contribution in [1.82, 2.24) is 25.2 Å². The molecule has 30 heavy (non-hydrogen) atoms. The van der Waals surface area contributed by atoms with E-state index >= 15 is 0 Å². The largest absolute Gasteiger partial charge is 0.486 e. The number of ether oxygens (including phenoxy) is 2. The van der Waals surface area contributed by atoms with Gasteiger partial charge in [0.15, 0.2) is 11.0 Å². The van der Waals surface area contributed by atoms with Crippen LogP contribution in [0, 0.1) is 6.92 Å². The molecule has 0 aliphatic rings. The van der Waals surface area contributed by atoms with Crippen molar-refractivity contribution < 1.29 is 19.1 Å². The summed E-state index contributed by atoms with van der Waals surface area (Å²) >= 11 is 1.08. The average molecular weight is 430 g/mol. The molecule has 2 aromatic heterocycles. The Balaban J connectivity index is 1.61. The van der Waals surface area contributed by atoms with E-state index in [1.54, 1.807) is 42.8 Å². The highest BCUT2D eigenvalue weighted by Crippen LogP contribution is 2.24. The van der Waals surface area contributed by atoms with Crippen molar-refractivity contribution in [1.29, 1.82) is 0 Å². The van der Waals surface area contributed by atoms with Crippen LogP contribution >= 0.6 is 11.3 Å². The Labute approximate surface area is 177 Å². The molecular weight excluding hydrogens is 408 g/mol. The maximum Gasteiger partial charge on any atom is 0.350 e. The number of hydrogen-bond donors (Lipinski definition) is 1. The summed E-state index contributed by atoms with van der Waals surface area (Å²) < 4.78 is 12.4. The standard InChI is InChI=1S/C19H22N6O4S/c1-5-28-18(27)16-12(4)20-19(30-16)21-17(26)13-6-8-14(9-7-13)29-10-15-22-23-24-25(15)11(2)3/h6-9,11H,5,10H2,1-4H3,(H,20,21,26). The molecule has 0 radical (unpaired) electrons. The van der Waals surface area contributed by atoms with Gasteiger partial charge in [0.2, 0.25) is 0 Å². The van der Waals surface area contributed by atoms with Gasteiger partial charge in [0.25, 0.3) is 5.91 Å². The molecule has 10 nitrogen and oxygen atoms in total. The van der Waals surface area contributed by atoms with Gasteiger partial charge in [-0.05, 0) is 62.4 Å². The lowest BCUT2D eigenvalue weighted by Crippen LogP contribution is -2.12. The minimum Gasteiger partial charge on any atom is -0.486 e. The van der Waals surface area contributed by atoms with Crippen LogP contribution in [0.3, 0.4) is 0 Å². The maximum absolute atomic E-state index is 12.5. The van der Waals surface area contributed by atoms with Crippen LogP contribution in [0.25, 0.3) is 0 Å². The zero-order valence-corrected chi connectivity index (χ0v) is 17.9. The van der Waals surface area contributed by atoms with E-state index in [2.05, 4.69) is 25.8 Å². The molecule has 1 amide bonds. The van der Waals surface area contributed by atoms with Gasteiger partial charge in [-0.1, -0.05) is 11.3 Å². The first-order valence-electron chi connectivity index (χ1n) is 9.34. The van der Waals surface area contributed by atoms with E-state index in [1.165, 1.54) is 0 Å². The molecular formula is C19H22N6O4S. The van der Waals surface area contributed by atoms with Crippen molar-refractivity contribution >= 4 is 28.3 Å². The number of aryl methyl sites for hydroxylation is 1. The summed E-state index contributed by atoms with van der Waals surface area (Å²) in [5, 5.41) is 14.6. The number of tetrazole rings is 1. The molecule has 0 aliphatic heterocycles. The predicted molar refractivity (Wildman–Crippen MR) is 110 cm³/mol. The normalized spacial score (nSPS) is 10.8. The first-order chi connectivity index (χ1) is 14.4. The van der Waals surface area contributed by atoms with Crippen molar-refractivity contribution in [3.63, 3.8) is 0 Å². The van der Waals surface area contributed by atoms with E-state index in [4.69, 9.17) is 9.47 Å². The SMILES string of the molecule is CCOC(=O)c1sc(NC(=O)c2ccc(OCc3nnnn3C(C)C)cc2)nc1C. The maximum atomic E-state index is 12.5. The van der Waals surface area contributed by atoms with Crippen molar-refractivity contribution in [3.05, 3.63) is 46.2 Å². The quantitative estimate of drug-likeness (QED) is 0.541. The molecule has 0 bridgehead atoms. The minimum atomic E-state index is -0.446. The summed E-state index contributed by atoms with van der Waals surface area (Å²) in [7, 11) is 0. The van der Waals surface area contributed by atoms with Crippen LogP contribution in [0.5, 0.6) is 5.75 Å². The minimum absolute atomic E-state index is 0.128. The van der Waals surface area contributed by atoms with Crippen molar-refractivity contribution in [2.45, 2.75) is 40.3 Å². The number of amides is 1. The second-order valence-corrected chi connectivity index (χ2v) is 7.55. The molecule has 158 valence electrons. The lowest BCUT2D eigenvalue weighted by atomic mass is 10.2. The Kier molecular flexibility index (Phi) is 6.72. The number of rotatable bonds is 8. The first-order valence-corrected chi connectivity index (χ1v) is 10.2. The lowest BCUT2D eigenvalue weighted by molar-refractivity contribution is 0.0531. The van der Waals surface area contributed by atoms with Crippen molar-refractivity contribution in [3.8, 4) is 5.75 Å². The van der Waals surface area contributed by atoms with E-state index in [1.807, 2.05) is 13.8 Å². The fourth-order valence-electron chi connectivity index (χ4n) is 2.56. The number of carbonyl (C=O) groups is 2. The highest BCUT2D eigenvalue weighted by molar-refractivity contribution is 7.17. The van der Waals surface area contributed by atoms with E-state index in [9.17, 15) is 9.59 Å². The zero-order valence-electron chi connectivity index (χ0n) is 17.1. The Morgan fingerprint density at radius 2 is 1.97 bits per heavy atom. The van der Waals surface area contributed by atoms with Crippen molar-refractivity contribution in [2.24, 2.45) is 0 Å². The highest BCUT2D eigenvalue weighted by atomic mass is 32.1. The second kappa shape index (κ2) is 9.44. The summed E-state index contributed by atoms with van der Waals surface area (Å²) in [6.45, 7) is 7.88. The van der Waals surface area contributed by atoms with Crippen molar-refractivity contribution in [2.75, 3.05) is 11.9 Å². The van der Waals surface area contributed by atoms with Gasteiger partial charge in [0.1, 0.15) is 17.2 Å². The van der Waals surface area contributed by atoms with E-state index in [0.29, 0.717) is 32.8 Å². The van der Waals surface area contributed by atoms with E-state index < -0.39 is 5.97 Å². The molecule has 0 spiro atoms. The lowest BCUT2D eigenvalue weighted by Gasteiger charge is -2.09. The smallest absolute Gasteiger partial charge is 0.350 e. The van der Waals surface area contributed by atoms with Gasteiger partial charge in [0.05, 0.1) is 18.3 Å². The number of esters is 1. The molecule has 3 aromatic rings.